The highest BCUT2D eigenvalue weighted by atomic mass is 79.9. The highest BCUT2D eigenvalue weighted by Crippen LogP contribution is 2.34. The quantitative estimate of drug-likeness (QED) is 0.758. The molecule has 1 saturated carbocycles. The van der Waals surface area contributed by atoms with Crippen LogP contribution >= 0.6 is 15.9 Å². The van der Waals surface area contributed by atoms with Crippen LogP contribution in [0.4, 0.5) is 0 Å². The van der Waals surface area contributed by atoms with Crippen LogP contribution in [-0.4, -0.2) is 6.04 Å². The third kappa shape index (κ3) is 4.08. The lowest BCUT2D eigenvalue weighted by Gasteiger charge is -2.39. The highest BCUT2D eigenvalue weighted by molar-refractivity contribution is 9.10. The maximum atomic E-state index is 3.90. The van der Waals surface area contributed by atoms with Crippen molar-refractivity contribution in [2.45, 2.75) is 59.0 Å². The highest BCUT2D eigenvalue weighted by Gasteiger charge is 2.31. The molecule has 2 heteroatoms. The van der Waals surface area contributed by atoms with Crippen molar-refractivity contribution in [3.05, 3.63) is 34.3 Å². The second-order valence-corrected chi connectivity index (χ2v) is 7.79. The smallest absolute Gasteiger partial charge is 0.0294 e. The summed E-state index contributed by atoms with van der Waals surface area (Å²) < 4.78 is 1.17. The maximum Gasteiger partial charge on any atom is 0.0294 e. The number of halogens is 1. The number of nitrogens with one attached hydrogen (secondary N) is 1. The number of hydrogen-bond donors (Lipinski definition) is 1. The molecular weight excluding hydrogens is 310 g/mol. The SMILES string of the molecule is CC1CCC(C(C)C)C(NC(C)c2cccc(Br)c2)C1. The van der Waals surface area contributed by atoms with Gasteiger partial charge in [-0.25, -0.2) is 0 Å². The van der Waals surface area contributed by atoms with Crippen molar-refractivity contribution in [2.24, 2.45) is 17.8 Å². The van der Waals surface area contributed by atoms with Crippen molar-refractivity contribution >= 4 is 15.9 Å². The summed E-state index contributed by atoms with van der Waals surface area (Å²) in [6.07, 6.45) is 4.09. The van der Waals surface area contributed by atoms with E-state index in [1.807, 2.05) is 0 Å². The van der Waals surface area contributed by atoms with E-state index in [4.69, 9.17) is 0 Å². The zero-order valence-corrected chi connectivity index (χ0v) is 14.8. The fourth-order valence-electron chi connectivity index (χ4n) is 3.59. The molecule has 2 rings (SSSR count). The van der Waals surface area contributed by atoms with Crippen LogP contribution in [0.5, 0.6) is 0 Å². The Hall–Kier alpha value is -0.340. The first-order valence-electron chi connectivity index (χ1n) is 7.99. The zero-order valence-electron chi connectivity index (χ0n) is 13.2. The van der Waals surface area contributed by atoms with Gasteiger partial charge in [-0.1, -0.05) is 55.3 Å². The molecule has 0 radical (unpaired) electrons. The van der Waals surface area contributed by atoms with Crippen LogP contribution < -0.4 is 5.32 Å². The van der Waals surface area contributed by atoms with Gasteiger partial charge in [0.2, 0.25) is 0 Å². The van der Waals surface area contributed by atoms with Gasteiger partial charge in [0, 0.05) is 16.6 Å². The Labute approximate surface area is 132 Å². The van der Waals surface area contributed by atoms with Crippen LogP contribution in [0.1, 0.15) is 58.6 Å². The largest absolute Gasteiger partial charge is 0.307 e. The molecule has 1 nitrogen and oxygen atoms in total. The average molecular weight is 338 g/mol. The minimum Gasteiger partial charge on any atom is -0.307 e. The Balaban J connectivity index is 2.05. The Morgan fingerprint density at radius 3 is 2.60 bits per heavy atom. The topological polar surface area (TPSA) is 12.0 Å². The third-order valence-corrected chi connectivity index (χ3v) is 5.33. The first-order valence-corrected chi connectivity index (χ1v) is 8.78. The molecule has 1 aromatic carbocycles. The molecule has 4 atom stereocenters. The van der Waals surface area contributed by atoms with Crippen LogP contribution in [0.2, 0.25) is 0 Å². The predicted octanol–water partition coefficient (Wildman–Crippen LogP) is 5.56. The molecule has 20 heavy (non-hydrogen) atoms. The first-order chi connectivity index (χ1) is 9.47. The lowest BCUT2D eigenvalue weighted by Crippen LogP contribution is -2.43. The van der Waals surface area contributed by atoms with E-state index >= 15 is 0 Å². The molecule has 1 aromatic rings. The van der Waals surface area contributed by atoms with E-state index in [1.165, 1.54) is 29.3 Å². The fourth-order valence-corrected chi connectivity index (χ4v) is 4.00. The van der Waals surface area contributed by atoms with Gasteiger partial charge in [0.05, 0.1) is 0 Å². The van der Waals surface area contributed by atoms with Gasteiger partial charge >= 0.3 is 0 Å². The number of benzene rings is 1. The molecular formula is C18H28BrN. The van der Waals surface area contributed by atoms with Crippen molar-refractivity contribution in [1.29, 1.82) is 0 Å². The summed E-state index contributed by atoms with van der Waals surface area (Å²) in [4.78, 5) is 0. The number of hydrogen-bond acceptors (Lipinski definition) is 1. The van der Waals surface area contributed by atoms with Crippen LogP contribution in [0.25, 0.3) is 0 Å². The van der Waals surface area contributed by atoms with Crippen molar-refractivity contribution in [3.63, 3.8) is 0 Å². The van der Waals surface area contributed by atoms with Crippen LogP contribution in [0, 0.1) is 17.8 Å². The van der Waals surface area contributed by atoms with Gasteiger partial charge in [0.15, 0.2) is 0 Å². The van der Waals surface area contributed by atoms with E-state index in [2.05, 4.69) is 73.2 Å². The van der Waals surface area contributed by atoms with Gasteiger partial charge in [-0.05, 0) is 55.2 Å². The molecule has 0 amide bonds. The van der Waals surface area contributed by atoms with Crippen LogP contribution in [-0.2, 0) is 0 Å². The van der Waals surface area contributed by atoms with Crippen LogP contribution in [0.3, 0.4) is 0 Å². The first kappa shape index (κ1) is 16.0. The zero-order chi connectivity index (χ0) is 14.7. The Morgan fingerprint density at radius 2 is 1.95 bits per heavy atom. The molecule has 4 unspecified atom stereocenters. The van der Waals surface area contributed by atoms with Crippen molar-refractivity contribution in [2.75, 3.05) is 0 Å². The van der Waals surface area contributed by atoms with Crippen molar-refractivity contribution in [1.82, 2.24) is 5.32 Å². The Bertz CT molecular complexity index is 429. The summed E-state index contributed by atoms with van der Waals surface area (Å²) in [5.41, 5.74) is 1.38. The van der Waals surface area contributed by atoms with Gasteiger partial charge in [-0.2, -0.15) is 0 Å². The minimum atomic E-state index is 0.420. The minimum absolute atomic E-state index is 0.420. The van der Waals surface area contributed by atoms with Gasteiger partial charge in [-0.3, -0.25) is 0 Å². The molecule has 0 spiro atoms. The van der Waals surface area contributed by atoms with Crippen molar-refractivity contribution in [3.8, 4) is 0 Å². The standard InChI is InChI=1S/C18H28BrN/c1-12(2)17-9-8-13(3)10-18(17)20-14(4)15-6-5-7-16(19)11-15/h5-7,11-14,17-18,20H,8-10H2,1-4H3. The van der Waals surface area contributed by atoms with E-state index in [-0.39, 0.29) is 0 Å². The molecule has 0 aromatic heterocycles. The molecule has 0 aliphatic heterocycles. The molecule has 1 aliphatic carbocycles. The summed E-state index contributed by atoms with van der Waals surface area (Å²) in [5.74, 6) is 2.45. The van der Waals surface area contributed by atoms with E-state index < -0.39 is 0 Å². The lowest BCUT2D eigenvalue weighted by atomic mass is 9.73. The second kappa shape index (κ2) is 7.09. The normalized spacial score (nSPS) is 28.6. The lowest BCUT2D eigenvalue weighted by molar-refractivity contribution is 0.161. The summed E-state index contributed by atoms with van der Waals surface area (Å²) in [7, 11) is 0. The van der Waals surface area contributed by atoms with E-state index in [0.29, 0.717) is 12.1 Å². The predicted molar refractivity (Wildman–Crippen MR) is 90.8 cm³/mol. The van der Waals surface area contributed by atoms with Crippen LogP contribution in [0.15, 0.2) is 28.7 Å². The van der Waals surface area contributed by atoms with Crippen molar-refractivity contribution < 1.29 is 0 Å². The fraction of sp³-hybridized carbons (Fsp3) is 0.667. The van der Waals surface area contributed by atoms with E-state index in [1.54, 1.807) is 0 Å². The molecule has 0 heterocycles. The molecule has 1 aliphatic rings. The summed E-state index contributed by atoms with van der Waals surface area (Å²) in [6, 6.07) is 9.75. The summed E-state index contributed by atoms with van der Waals surface area (Å²) in [6.45, 7) is 9.44. The molecule has 1 N–H and O–H groups in total. The van der Waals surface area contributed by atoms with E-state index in [9.17, 15) is 0 Å². The monoisotopic (exact) mass is 337 g/mol. The summed E-state index contributed by atoms with van der Waals surface area (Å²) in [5, 5.41) is 3.90. The average Bonchev–Trinajstić information content (AvgIpc) is 2.38. The molecule has 0 saturated heterocycles. The Kier molecular flexibility index (Phi) is 5.68. The third-order valence-electron chi connectivity index (χ3n) is 4.83. The maximum absolute atomic E-state index is 3.90. The second-order valence-electron chi connectivity index (χ2n) is 6.88. The summed E-state index contributed by atoms with van der Waals surface area (Å²) >= 11 is 3.57. The van der Waals surface area contributed by atoms with E-state index in [0.717, 1.165) is 17.8 Å². The van der Waals surface area contributed by atoms with Gasteiger partial charge in [-0.15, -0.1) is 0 Å². The Morgan fingerprint density at radius 1 is 1.20 bits per heavy atom. The molecule has 112 valence electrons. The number of rotatable bonds is 4. The van der Waals surface area contributed by atoms with Gasteiger partial charge in [0.1, 0.15) is 0 Å². The molecule has 0 bridgehead atoms. The molecule has 1 fully saturated rings. The van der Waals surface area contributed by atoms with Gasteiger partial charge in [0.25, 0.3) is 0 Å². The van der Waals surface area contributed by atoms with Gasteiger partial charge < -0.3 is 5.32 Å².